The van der Waals surface area contributed by atoms with E-state index in [1.807, 2.05) is 0 Å². The van der Waals surface area contributed by atoms with Crippen LogP contribution in [-0.2, 0) is 0 Å². The first-order chi connectivity index (χ1) is 9.47. The molecule has 1 aliphatic heterocycles. The average Bonchev–Trinajstić information content (AvgIpc) is 2.45. The van der Waals surface area contributed by atoms with Gasteiger partial charge in [0.15, 0.2) is 0 Å². The SMILES string of the molecule is CCCNC(CC)(CO)CCCN1CCC(C)(C)CC1. The Morgan fingerprint density at radius 1 is 1.20 bits per heavy atom. The summed E-state index contributed by atoms with van der Waals surface area (Å²) in [5.41, 5.74) is 0.489. The molecule has 0 amide bonds. The molecule has 0 bridgehead atoms. The van der Waals surface area contributed by atoms with E-state index in [-0.39, 0.29) is 12.1 Å². The van der Waals surface area contributed by atoms with Crippen molar-refractivity contribution in [3.63, 3.8) is 0 Å². The second-order valence-electron chi connectivity index (χ2n) is 7.33. The highest BCUT2D eigenvalue weighted by Gasteiger charge is 2.28. The van der Waals surface area contributed by atoms with Crippen molar-refractivity contribution in [3.8, 4) is 0 Å². The minimum atomic E-state index is -0.0505. The molecule has 0 aromatic rings. The maximum absolute atomic E-state index is 9.73. The molecular weight excluding hydrogens is 248 g/mol. The summed E-state index contributed by atoms with van der Waals surface area (Å²) in [5.74, 6) is 0. The Kier molecular flexibility index (Phi) is 7.49. The normalized spacial score (nSPS) is 22.6. The highest BCUT2D eigenvalue weighted by molar-refractivity contribution is 4.86. The van der Waals surface area contributed by atoms with Crippen molar-refractivity contribution in [2.24, 2.45) is 5.41 Å². The summed E-state index contributed by atoms with van der Waals surface area (Å²) in [4.78, 5) is 2.60. The molecule has 0 aromatic heterocycles. The van der Waals surface area contributed by atoms with Crippen molar-refractivity contribution in [3.05, 3.63) is 0 Å². The molecule has 1 heterocycles. The average molecular weight is 284 g/mol. The molecule has 1 saturated heterocycles. The maximum Gasteiger partial charge on any atom is 0.0613 e. The van der Waals surface area contributed by atoms with Crippen LogP contribution in [0.3, 0.4) is 0 Å². The number of hydrogen-bond acceptors (Lipinski definition) is 3. The summed E-state index contributed by atoms with van der Waals surface area (Å²) in [6.07, 6.45) is 7.05. The van der Waals surface area contributed by atoms with Crippen LogP contribution in [0.2, 0.25) is 0 Å². The van der Waals surface area contributed by atoms with E-state index in [4.69, 9.17) is 0 Å². The summed E-state index contributed by atoms with van der Waals surface area (Å²) >= 11 is 0. The number of piperidine rings is 1. The van der Waals surface area contributed by atoms with Gasteiger partial charge in [-0.15, -0.1) is 0 Å². The minimum Gasteiger partial charge on any atom is -0.394 e. The molecule has 1 rings (SSSR count). The Labute approximate surface area is 126 Å². The molecule has 1 aliphatic rings. The van der Waals surface area contributed by atoms with E-state index >= 15 is 0 Å². The first kappa shape index (κ1) is 17.9. The van der Waals surface area contributed by atoms with E-state index in [0.29, 0.717) is 5.41 Å². The van der Waals surface area contributed by atoms with Crippen LogP contribution in [0.1, 0.15) is 66.2 Å². The van der Waals surface area contributed by atoms with Crippen molar-refractivity contribution < 1.29 is 5.11 Å². The predicted octanol–water partition coefficient (Wildman–Crippen LogP) is 3.03. The van der Waals surface area contributed by atoms with Crippen molar-refractivity contribution >= 4 is 0 Å². The van der Waals surface area contributed by atoms with E-state index in [0.717, 1.165) is 25.8 Å². The molecule has 0 aliphatic carbocycles. The molecule has 0 aromatic carbocycles. The number of hydrogen-bond donors (Lipinski definition) is 2. The first-order valence-electron chi connectivity index (χ1n) is 8.55. The van der Waals surface area contributed by atoms with E-state index in [1.165, 1.54) is 38.9 Å². The number of aliphatic hydroxyl groups is 1. The molecule has 20 heavy (non-hydrogen) atoms. The molecule has 1 unspecified atom stereocenters. The van der Waals surface area contributed by atoms with Gasteiger partial charge in [0.05, 0.1) is 6.61 Å². The Morgan fingerprint density at radius 2 is 1.85 bits per heavy atom. The fourth-order valence-corrected chi connectivity index (χ4v) is 3.05. The fraction of sp³-hybridized carbons (Fsp3) is 1.00. The number of nitrogens with one attached hydrogen (secondary N) is 1. The molecule has 2 N–H and O–H groups in total. The zero-order chi connectivity index (χ0) is 15.1. The van der Waals surface area contributed by atoms with E-state index in [9.17, 15) is 5.11 Å². The monoisotopic (exact) mass is 284 g/mol. The van der Waals surface area contributed by atoms with Gasteiger partial charge in [0.25, 0.3) is 0 Å². The molecule has 120 valence electrons. The molecule has 1 atom stereocenters. The van der Waals surface area contributed by atoms with Crippen LogP contribution in [0.4, 0.5) is 0 Å². The van der Waals surface area contributed by atoms with Crippen molar-refractivity contribution in [1.29, 1.82) is 0 Å². The van der Waals surface area contributed by atoms with Crippen LogP contribution in [0.5, 0.6) is 0 Å². The van der Waals surface area contributed by atoms with Crippen LogP contribution in [-0.4, -0.2) is 48.3 Å². The predicted molar refractivity (Wildman–Crippen MR) is 87.1 cm³/mol. The number of likely N-dealkylation sites (tertiary alicyclic amines) is 1. The van der Waals surface area contributed by atoms with Gasteiger partial charge in [-0.25, -0.2) is 0 Å². The Balaban J connectivity index is 2.30. The summed E-state index contributed by atoms with van der Waals surface area (Å²) in [5, 5.41) is 13.3. The molecule has 0 spiro atoms. The summed E-state index contributed by atoms with van der Waals surface area (Å²) in [7, 11) is 0. The van der Waals surface area contributed by atoms with Crippen LogP contribution < -0.4 is 5.32 Å². The molecule has 3 heteroatoms. The van der Waals surface area contributed by atoms with Crippen LogP contribution in [0, 0.1) is 5.41 Å². The second kappa shape index (κ2) is 8.35. The Morgan fingerprint density at radius 3 is 2.35 bits per heavy atom. The standard InChI is InChI=1S/C17H36N2O/c1-5-11-18-17(6-2,15-20)8-7-12-19-13-9-16(3,4)10-14-19/h18,20H,5-15H2,1-4H3. The topological polar surface area (TPSA) is 35.5 Å². The van der Waals surface area contributed by atoms with Gasteiger partial charge in [0, 0.05) is 5.54 Å². The summed E-state index contributed by atoms with van der Waals surface area (Å²) in [6, 6.07) is 0. The second-order valence-corrected chi connectivity index (χ2v) is 7.33. The number of nitrogens with zero attached hydrogens (tertiary/aromatic N) is 1. The van der Waals surface area contributed by atoms with Gasteiger partial charge in [0.2, 0.25) is 0 Å². The van der Waals surface area contributed by atoms with Crippen molar-refractivity contribution in [2.75, 3.05) is 32.8 Å². The van der Waals surface area contributed by atoms with Gasteiger partial charge in [-0.3, -0.25) is 0 Å². The lowest BCUT2D eigenvalue weighted by Crippen LogP contribution is -2.49. The van der Waals surface area contributed by atoms with Crippen molar-refractivity contribution in [1.82, 2.24) is 10.2 Å². The lowest BCUT2D eigenvalue weighted by molar-refractivity contribution is 0.114. The first-order valence-corrected chi connectivity index (χ1v) is 8.55. The van der Waals surface area contributed by atoms with Crippen LogP contribution >= 0.6 is 0 Å². The zero-order valence-corrected chi connectivity index (χ0v) is 14.2. The summed E-state index contributed by atoms with van der Waals surface area (Å²) < 4.78 is 0. The maximum atomic E-state index is 9.73. The lowest BCUT2D eigenvalue weighted by Gasteiger charge is -2.38. The smallest absolute Gasteiger partial charge is 0.0613 e. The Bertz CT molecular complexity index is 252. The van der Waals surface area contributed by atoms with Crippen LogP contribution in [0.15, 0.2) is 0 Å². The number of aliphatic hydroxyl groups excluding tert-OH is 1. The van der Waals surface area contributed by atoms with Gasteiger partial charge in [-0.1, -0.05) is 27.7 Å². The summed E-state index contributed by atoms with van der Waals surface area (Å²) in [6.45, 7) is 14.1. The molecule has 0 radical (unpaired) electrons. The van der Waals surface area contributed by atoms with E-state index < -0.39 is 0 Å². The highest BCUT2D eigenvalue weighted by Crippen LogP contribution is 2.30. The lowest BCUT2D eigenvalue weighted by atomic mass is 9.82. The van der Waals surface area contributed by atoms with E-state index in [2.05, 4.69) is 37.9 Å². The molecular formula is C17H36N2O. The third-order valence-corrected chi connectivity index (χ3v) is 5.07. The van der Waals surface area contributed by atoms with Gasteiger partial charge in [0.1, 0.15) is 0 Å². The van der Waals surface area contributed by atoms with Crippen LogP contribution in [0.25, 0.3) is 0 Å². The minimum absolute atomic E-state index is 0.0505. The molecule has 1 fully saturated rings. The van der Waals surface area contributed by atoms with Gasteiger partial charge < -0.3 is 15.3 Å². The molecule has 0 saturated carbocycles. The molecule has 3 nitrogen and oxygen atoms in total. The third kappa shape index (κ3) is 5.71. The zero-order valence-electron chi connectivity index (χ0n) is 14.2. The Hall–Kier alpha value is -0.120. The van der Waals surface area contributed by atoms with E-state index in [1.54, 1.807) is 0 Å². The highest BCUT2D eigenvalue weighted by atomic mass is 16.3. The van der Waals surface area contributed by atoms with Gasteiger partial charge in [-0.2, -0.15) is 0 Å². The number of rotatable bonds is 9. The fourth-order valence-electron chi connectivity index (χ4n) is 3.05. The quantitative estimate of drug-likeness (QED) is 0.683. The van der Waals surface area contributed by atoms with Gasteiger partial charge >= 0.3 is 0 Å². The van der Waals surface area contributed by atoms with Crippen molar-refractivity contribution in [2.45, 2.75) is 71.8 Å². The van der Waals surface area contributed by atoms with Gasteiger partial charge in [-0.05, 0) is 70.1 Å². The third-order valence-electron chi connectivity index (χ3n) is 5.07. The largest absolute Gasteiger partial charge is 0.394 e.